The van der Waals surface area contributed by atoms with E-state index in [1.807, 2.05) is 47.9 Å². The van der Waals surface area contributed by atoms with Crippen molar-refractivity contribution in [2.24, 2.45) is 0 Å². The lowest BCUT2D eigenvalue weighted by Crippen LogP contribution is -2.05. The Labute approximate surface area is 193 Å². The van der Waals surface area contributed by atoms with Crippen molar-refractivity contribution < 1.29 is 14.5 Å². The Balaban J connectivity index is 1.61. The predicted molar refractivity (Wildman–Crippen MR) is 124 cm³/mol. The van der Waals surface area contributed by atoms with E-state index in [-0.39, 0.29) is 17.2 Å². The van der Waals surface area contributed by atoms with Gasteiger partial charge in [-0.1, -0.05) is 11.8 Å². The first-order valence-electron chi connectivity index (χ1n) is 10.1. The molecule has 9 nitrogen and oxygen atoms in total. The molecule has 0 spiro atoms. The number of ether oxygens (including phenoxy) is 1. The molecule has 0 aliphatic heterocycles. The molecule has 2 aromatic heterocycles. The largest absolute Gasteiger partial charge is 0.494 e. The van der Waals surface area contributed by atoms with Gasteiger partial charge in [-0.15, -0.1) is 10.2 Å². The van der Waals surface area contributed by atoms with E-state index in [4.69, 9.17) is 4.74 Å². The van der Waals surface area contributed by atoms with Gasteiger partial charge in [0.2, 0.25) is 0 Å². The Bertz CT molecular complexity index is 1260. The van der Waals surface area contributed by atoms with E-state index < -0.39 is 4.92 Å². The first-order valence-corrected chi connectivity index (χ1v) is 11.0. The number of rotatable bonds is 9. The summed E-state index contributed by atoms with van der Waals surface area (Å²) in [6.07, 6.45) is 3.36. The van der Waals surface area contributed by atoms with Crippen LogP contribution < -0.4 is 4.74 Å². The fourth-order valence-electron chi connectivity index (χ4n) is 3.12. The molecule has 0 saturated heterocycles. The van der Waals surface area contributed by atoms with Gasteiger partial charge in [0, 0.05) is 41.3 Å². The van der Waals surface area contributed by atoms with Crippen LogP contribution in [0.4, 0.5) is 5.69 Å². The van der Waals surface area contributed by atoms with Gasteiger partial charge in [-0.05, 0) is 55.5 Å². The van der Waals surface area contributed by atoms with Gasteiger partial charge in [-0.2, -0.15) is 0 Å². The number of ketones is 1. The maximum atomic E-state index is 12.7. The van der Waals surface area contributed by atoms with Gasteiger partial charge in [0.1, 0.15) is 5.75 Å². The summed E-state index contributed by atoms with van der Waals surface area (Å²) in [5.74, 6) is 1.30. The number of thioether (sulfide) groups is 1. The lowest BCUT2D eigenvalue weighted by molar-refractivity contribution is -0.384. The molecule has 2 heterocycles. The molecule has 33 heavy (non-hydrogen) atoms. The van der Waals surface area contributed by atoms with Gasteiger partial charge in [-0.3, -0.25) is 24.5 Å². The van der Waals surface area contributed by atoms with Crippen LogP contribution in [0.5, 0.6) is 5.75 Å². The van der Waals surface area contributed by atoms with Crippen molar-refractivity contribution in [3.63, 3.8) is 0 Å². The number of Topliss-reactive ketones (excluding diaryl/α,β-unsaturated/α-hetero) is 1. The average molecular weight is 462 g/mol. The Morgan fingerprint density at radius 3 is 2.36 bits per heavy atom. The minimum Gasteiger partial charge on any atom is -0.494 e. The van der Waals surface area contributed by atoms with Crippen LogP contribution in [0, 0.1) is 10.1 Å². The quantitative estimate of drug-likeness (QED) is 0.154. The molecule has 0 aliphatic carbocycles. The molecule has 0 fully saturated rings. The highest BCUT2D eigenvalue weighted by Gasteiger charge is 2.18. The second-order valence-corrected chi connectivity index (χ2v) is 7.76. The Hall–Kier alpha value is -4.05. The van der Waals surface area contributed by atoms with Gasteiger partial charge < -0.3 is 4.74 Å². The topological polar surface area (TPSA) is 113 Å². The number of nitro benzene ring substituents is 1. The molecule has 0 N–H and O–H groups in total. The highest BCUT2D eigenvalue weighted by Crippen LogP contribution is 2.29. The summed E-state index contributed by atoms with van der Waals surface area (Å²) in [6.45, 7) is 2.49. The fourth-order valence-corrected chi connectivity index (χ4v) is 3.97. The van der Waals surface area contributed by atoms with Gasteiger partial charge in [0.25, 0.3) is 5.69 Å². The van der Waals surface area contributed by atoms with Crippen LogP contribution in [-0.2, 0) is 0 Å². The summed E-state index contributed by atoms with van der Waals surface area (Å²) < 4.78 is 7.41. The molecule has 0 saturated carbocycles. The molecule has 4 rings (SSSR count). The van der Waals surface area contributed by atoms with Crippen molar-refractivity contribution in [2.75, 3.05) is 12.4 Å². The van der Waals surface area contributed by atoms with Crippen LogP contribution in [0.25, 0.3) is 17.1 Å². The molecular weight excluding hydrogens is 442 g/mol. The Morgan fingerprint density at radius 2 is 1.73 bits per heavy atom. The number of nitro groups is 1. The number of carbonyl (C=O) groups excluding carboxylic acids is 1. The predicted octanol–water partition coefficient (Wildman–Crippen LogP) is 4.61. The molecule has 10 heteroatoms. The molecule has 2 aromatic carbocycles. The molecule has 0 aliphatic rings. The third-order valence-corrected chi connectivity index (χ3v) is 5.64. The van der Waals surface area contributed by atoms with E-state index in [2.05, 4.69) is 15.2 Å². The maximum absolute atomic E-state index is 12.7. The lowest BCUT2D eigenvalue weighted by atomic mass is 10.1. The zero-order valence-electron chi connectivity index (χ0n) is 17.6. The summed E-state index contributed by atoms with van der Waals surface area (Å²) >= 11 is 1.24. The van der Waals surface area contributed by atoms with Gasteiger partial charge in [0.15, 0.2) is 16.8 Å². The second kappa shape index (κ2) is 10.0. The first-order chi connectivity index (χ1) is 16.1. The monoisotopic (exact) mass is 461 g/mol. The molecule has 0 unspecified atom stereocenters. The number of pyridine rings is 1. The van der Waals surface area contributed by atoms with Crippen molar-refractivity contribution in [2.45, 2.75) is 12.1 Å². The second-order valence-electron chi connectivity index (χ2n) is 6.82. The Morgan fingerprint density at radius 1 is 1.03 bits per heavy atom. The van der Waals surface area contributed by atoms with Crippen molar-refractivity contribution >= 4 is 23.2 Å². The molecular formula is C23H19N5O4S. The van der Waals surface area contributed by atoms with Crippen LogP contribution in [0.1, 0.15) is 17.3 Å². The van der Waals surface area contributed by atoms with E-state index in [0.29, 0.717) is 23.2 Å². The van der Waals surface area contributed by atoms with E-state index >= 15 is 0 Å². The number of aromatic nitrogens is 4. The van der Waals surface area contributed by atoms with E-state index in [9.17, 15) is 14.9 Å². The van der Waals surface area contributed by atoms with Crippen molar-refractivity contribution in [1.29, 1.82) is 0 Å². The zero-order valence-corrected chi connectivity index (χ0v) is 18.4. The number of non-ortho nitro benzene ring substituents is 1. The molecule has 0 atom stereocenters. The molecule has 0 radical (unpaired) electrons. The molecule has 4 aromatic rings. The maximum Gasteiger partial charge on any atom is 0.269 e. The molecule has 0 bridgehead atoms. The third kappa shape index (κ3) is 5.07. The summed E-state index contributed by atoms with van der Waals surface area (Å²) in [4.78, 5) is 27.1. The SMILES string of the molecule is CCOc1ccc(-n2c(SCC(=O)c3ccc([N+](=O)[O-])cc3)nnc2-c2ccncc2)cc1. The van der Waals surface area contributed by atoms with Crippen LogP contribution >= 0.6 is 11.8 Å². The molecule has 166 valence electrons. The van der Waals surface area contributed by atoms with Gasteiger partial charge >= 0.3 is 0 Å². The van der Waals surface area contributed by atoms with Crippen LogP contribution in [0.3, 0.4) is 0 Å². The normalized spacial score (nSPS) is 10.7. The van der Waals surface area contributed by atoms with Crippen molar-refractivity contribution in [3.8, 4) is 22.8 Å². The van der Waals surface area contributed by atoms with E-state index in [1.54, 1.807) is 12.4 Å². The van der Waals surface area contributed by atoms with Crippen LogP contribution in [-0.4, -0.2) is 42.8 Å². The van der Waals surface area contributed by atoms with E-state index in [0.717, 1.165) is 17.0 Å². The minimum absolute atomic E-state index is 0.0589. The summed E-state index contributed by atoms with van der Waals surface area (Å²) in [5, 5.41) is 20.0. The summed E-state index contributed by atoms with van der Waals surface area (Å²) in [7, 11) is 0. The number of nitrogens with zero attached hydrogens (tertiary/aromatic N) is 5. The number of benzene rings is 2. The zero-order chi connectivity index (χ0) is 23.2. The van der Waals surface area contributed by atoms with E-state index in [1.165, 1.54) is 36.0 Å². The summed E-state index contributed by atoms with van der Waals surface area (Å²) in [6, 6.07) is 16.8. The fraction of sp³-hybridized carbons (Fsp3) is 0.130. The number of carbonyl (C=O) groups is 1. The van der Waals surface area contributed by atoms with Crippen LogP contribution in [0.2, 0.25) is 0 Å². The van der Waals surface area contributed by atoms with Crippen molar-refractivity contribution in [1.82, 2.24) is 19.7 Å². The van der Waals surface area contributed by atoms with Gasteiger partial charge in [-0.25, -0.2) is 0 Å². The minimum atomic E-state index is -0.497. The third-order valence-electron chi connectivity index (χ3n) is 4.71. The number of hydrogen-bond donors (Lipinski definition) is 0. The standard InChI is InChI=1S/C23H19N5O4S/c1-2-32-20-9-7-18(8-10-20)27-22(17-11-13-24-14-12-17)25-26-23(27)33-15-21(29)16-3-5-19(6-4-16)28(30)31/h3-14H,2,15H2,1H3. The van der Waals surface area contributed by atoms with Gasteiger partial charge in [0.05, 0.1) is 17.3 Å². The number of hydrogen-bond acceptors (Lipinski definition) is 8. The van der Waals surface area contributed by atoms with Crippen LogP contribution in [0.15, 0.2) is 78.2 Å². The smallest absolute Gasteiger partial charge is 0.269 e. The summed E-state index contributed by atoms with van der Waals surface area (Å²) in [5.41, 5.74) is 1.99. The molecule has 0 amide bonds. The lowest BCUT2D eigenvalue weighted by Gasteiger charge is -2.11. The highest BCUT2D eigenvalue weighted by atomic mass is 32.2. The first kappa shape index (κ1) is 22.2. The highest BCUT2D eigenvalue weighted by molar-refractivity contribution is 7.99. The average Bonchev–Trinajstić information content (AvgIpc) is 3.28. The Kier molecular flexibility index (Phi) is 6.75. The van der Waals surface area contributed by atoms with Crippen molar-refractivity contribution in [3.05, 3.63) is 88.7 Å².